The number of carbonyl (C=O) groups excluding carboxylic acids is 2. The number of nitrogens with zero attached hydrogens (tertiary/aromatic N) is 1. The Balaban J connectivity index is 1.93. The van der Waals surface area contributed by atoms with Gasteiger partial charge in [-0.25, -0.2) is 0 Å². The van der Waals surface area contributed by atoms with Crippen LogP contribution in [-0.2, 0) is 4.79 Å². The van der Waals surface area contributed by atoms with Crippen molar-refractivity contribution in [3.05, 3.63) is 24.2 Å². The molecule has 1 aromatic rings. The molecule has 0 aromatic carbocycles. The van der Waals surface area contributed by atoms with E-state index in [1.165, 1.54) is 6.26 Å². The smallest absolute Gasteiger partial charge is 0.289 e. The quantitative estimate of drug-likeness (QED) is 0.899. The predicted molar refractivity (Wildman–Crippen MR) is 70.6 cm³/mol. The Kier molecular flexibility index (Phi) is 4.60. The van der Waals surface area contributed by atoms with Crippen LogP contribution in [0.2, 0.25) is 0 Å². The van der Waals surface area contributed by atoms with Gasteiger partial charge in [0.2, 0.25) is 5.91 Å². The second-order valence-corrected chi connectivity index (χ2v) is 4.86. The molecule has 104 valence electrons. The van der Waals surface area contributed by atoms with Crippen LogP contribution in [0.5, 0.6) is 0 Å². The van der Waals surface area contributed by atoms with Gasteiger partial charge in [0.1, 0.15) is 0 Å². The van der Waals surface area contributed by atoms with E-state index in [1.807, 2.05) is 6.92 Å². The molecule has 2 amide bonds. The molecule has 0 saturated carbocycles. The zero-order chi connectivity index (χ0) is 13.7. The summed E-state index contributed by atoms with van der Waals surface area (Å²) in [5.74, 6) is 0.172. The number of nitrogens with one attached hydrogen (secondary N) is 1. The molecule has 0 radical (unpaired) electrons. The summed E-state index contributed by atoms with van der Waals surface area (Å²) in [4.78, 5) is 25.8. The first-order valence-corrected chi connectivity index (χ1v) is 6.83. The van der Waals surface area contributed by atoms with Gasteiger partial charge in [-0.2, -0.15) is 0 Å². The van der Waals surface area contributed by atoms with Gasteiger partial charge in [0, 0.05) is 19.6 Å². The maximum Gasteiger partial charge on any atom is 0.289 e. The summed E-state index contributed by atoms with van der Waals surface area (Å²) in [5.41, 5.74) is 0. The first-order chi connectivity index (χ1) is 9.22. The van der Waals surface area contributed by atoms with Gasteiger partial charge in [-0.3, -0.25) is 9.59 Å². The third kappa shape index (κ3) is 3.36. The van der Waals surface area contributed by atoms with Crippen molar-refractivity contribution in [1.82, 2.24) is 10.2 Å². The molecule has 1 atom stereocenters. The summed E-state index contributed by atoms with van der Waals surface area (Å²) < 4.78 is 5.12. The van der Waals surface area contributed by atoms with E-state index in [0.29, 0.717) is 25.4 Å². The summed E-state index contributed by atoms with van der Waals surface area (Å²) in [5, 5.41) is 2.90. The van der Waals surface area contributed by atoms with Crippen molar-refractivity contribution in [3.8, 4) is 0 Å². The van der Waals surface area contributed by atoms with Crippen LogP contribution in [0, 0.1) is 5.92 Å². The SMILES string of the molecule is CCCNC(=O)C1CCCN(C(=O)c2ccco2)C1. The molecule has 2 rings (SSSR count). The van der Waals surface area contributed by atoms with Gasteiger partial charge in [0.15, 0.2) is 5.76 Å². The number of rotatable bonds is 4. The molecule has 1 N–H and O–H groups in total. The Morgan fingerprint density at radius 1 is 1.53 bits per heavy atom. The van der Waals surface area contributed by atoms with Crippen molar-refractivity contribution in [2.75, 3.05) is 19.6 Å². The van der Waals surface area contributed by atoms with Gasteiger partial charge in [-0.1, -0.05) is 6.92 Å². The first kappa shape index (κ1) is 13.6. The van der Waals surface area contributed by atoms with Crippen molar-refractivity contribution >= 4 is 11.8 Å². The zero-order valence-electron chi connectivity index (χ0n) is 11.2. The Labute approximate surface area is 113 Å². The summed E-state index contributed by atoms with van der Waals surface area (Å²) in [7, 11) is 0. The molecule has 19 heavy (non-hydrogen) atoms. The highest BCUT2D eigenvalue weighted by atomic mass is 16.3. The molecule has 2 heterocycles. The third-order valence-corrected chi connectivity index (χ3v) is 3.36. The van der Waals surface area contributed by atoms with Crippen molar-refractivity contribution in [3.63, 3.8) is 0 Å². The number of carbonyl (C=O) groups is 2. The number of hydrogen-bond acceptors (Lipinski definition) is 3. The molecule has 1 unspecified atom stereocenters. The van der Waals surface area contributed by atoms with Crippen LogP contribution in [0.4, 0.5) is 0 Å². The standard InChI is InChI=1S/C14H20N2O3/c1-2-7-15-13(17)11-5-3-8-16(10-11)14(18)12-6-4-9-19-12/h4,6,9,11H,2-3,5,7-8,10H2,1H3,(H,15,17). The molecular formula is C14H20N2O3. The first-order valence-electron chi connectivity index (χ1n) is 6.83. The summed E-state index contributed by atoms with van der Waals surface area (Å²) >= 11 is 0. The molecule has 1 aliphatic rings. The third-order valence-electron chi connectivity index (χ3n) is 3.36. The van der Waals surface area contributed by atoms with E-state index in [2.05, 4.69) is 5.32 Å². The van der Waals surface area contributed by atoms with Gasteiger partial charge in [-0.15, -0.1) is 0 Å². The van der Waals surface area contributed by atoms with Crippen molar-refractivity contribution in [2.24, 2.45) is 5.92 Å². The van der Waals surface area contributed by atoms with E-state index >= 15 is 0 Å². The van der Waals surface area contributed by atoms with Crippen molar-refractivity contribution in [1.29, 1.82) is 0 Å². The molecule has 5 nitrogen and oxygen atoms in total. The normalized spacial score (nSPS) is 19.2. The van der Waals surface area contributed by atoms with Crippen LogP contribution in [0.15, 0.2) is 22.8 Å². The van der Waals surface area contributed by atoms with Crippen LogP contribution in [0.3, 0.4) is 0 Å². The molecule has 0 bridgehead atoms. The van der Waals surface area contributed by atoms with Crippen molar-refractivity contribution < 1.29 is 14.0 Å². The maximum atomic E-state index is 12.1. The highest BCUT2D eigenvalue weighted by molar-refractivity contribution is 5.92. The van der Waals surface area contributed by atoms with E-state index in [9.17, 15) is 9.59 Å². The minimum Gasteiger partial charge on any atom is -0.459 e. The van der Waals surface area contributed by atoms with E-state index in [0.717, 1.165) is 19.3 Å². The lowest BCUT2D eigenvalue weighted by Gasteiger charge is -2.31. The van der Waals surface area contributed by atoms with Gasteiger partial charge < -0.3 is 14.6 Å². The highest BCUT2D eigenvalue weighted by Crippen LogP contribution is 2.19. The lowest BCUT2D eigenvalue weighted by Crippen LogP contribution is -2.45. The van der Waals surface area contributed by atoms with Gasteiger partial charge >= 0.3 is 0 Å². The Bertz CT molecular complexity index is 428. The number of piperidine rings is 1. The monoisotopic (exact) mass is 264 g/mol. The summed E-state index contributed by atoms with van der Waals surface area (Å²) in [6.45, 7) is 3.89. The van der Waals surface area contributed by atoms with Crippen LogP contribution < -0.4 is 5.32 Å². The molecule has 1 aliphatic heterocycles. The van der Waals surface area contributed by atoms with Gasteiger partial charge in [-0.05, 0) is 31.4 Å². The Morgan fingerprint density at radius 3 is 3.05 bits per heavy atom. The molecular weight excluding hydrogens is 244 g/mol. The number of furan rings is 1. The van der Waals surface area contributed by atoms with E-state index in [-0.39, 0.29) is 17.7 Å². The van der Waals surface area contributed by atoms with Crippen LogP contribution >= 0.6 is 0 Å². The lowest BCUT2D eigenvalue weighted by molar-refractivity contribution is -0.126. The van der Waals surface area contributed by atoms with Gasteiger partial charge in [0.05, 0.1) is 12.2 Å². The minimum atomic E-state index is -0.127. The molecule has 0 spiro atoms. The molecule has 0 aliphatic carbocycles. The fourth-order valence-electron chi connectivity index (χ4n) is 2.32. The number of amides is 2. The molecule has 1 saturated heterocycles. The average Bonchev–Trinajstić information content (AvgIpc) is 2.98. The zero-order valence-corrected chi connectivity index (χ0v) is 11.2. The minimum absolute atomic E-state index is 0.0544. The number of hydrogen-bond donors (Lipinski definition) is 1. The predicted octanol–water partition coefficient (Wildman–Crippen LogP) is 1.66. The van der Waals surface area contributed by atoms with E-state index in [4.69, 9.17) is 4.42 Å². The molecule has 1 fully saturated rings. The second-order valence-electron chi connectivity index (χ2n) is 4.86. The topological polar surface area (TPSA) is 62.6 Å². The fraction of sp³-hybridized carbons (Fsp3) is 0.571. The Morgan fingerprint density at radius 2 is 2.37 bits per heavy atom. The molecule has 1 aromatic heterocycles. The molecule has 5 heteroatoms. The summed E-state index contributed by atoms with van der Waals surface area (Å²) in [6, 6.07) is 3.35. The lowest BCUT2D eigenvalue weighted by atomic mass is 9.97. The van der Waals surface area contributed by atoms with E-state index in [1.54, 1.807) is 17.0 Å². The number of likely N-dealkylation sites (tertiary alicyclic amines) is 1. The largest absolute Gasteiger partial charge is 0.459 e. The van der Waals surface area contributed by atoms with E-state index < -0.39 is 0 Å². The van der Waals surface area contributed by atoms with Crippen molar-refractivity contribution in [2.45, 2.75) is 26.2 Å². The van der Waals surface area contributed by atoms with Crippen LogP contribution in [-0.4, -0.2) is 36.3 Å². The van der Waals surface area contributed by atoms with Crippen LogP contribution in [0.25, 0.3) is 0 Å². The fourth-order valence-corrected chi connectivity index (χ4v) is 2.32. The summed E-state index contributed by atoms with van der Waals surface area (Å²) in [6.07, 6.45) is 4.12. The second kappa shape index (κ2) is 6.41. The highest BCUT2D eigenvalue weighted by Gasteiger charge is 2.29. The van der Waals surface area contributed by atoms with Gasteiger partial charge in [0.25, 0.3) is 5.91 Å². The van der Waals surface area contributed by atoms with Crippen LogP contribution in [0.1, 0.15) is 36.7 Å². The Hall–Kier alpha value is -1.78. The average molecular weight is 264 g/mol. The maximum absolute atomic E-state index is 12.1.